The van der Waals surface area contributed by atoms with Gasteiger partial charge >= 0.3 is 5.97 Å². The summed E-state index contributed by atoms with van der Waals surface area (Å²) in [5.74, 6) is -1.16. The van der Waals surface area contributed by atoms with E-state index in [0.717, 1.165) is 43.5 Å². The molecule has 2 heterocycles. The fraction of sp³-hybridized carbons (Fsp3) is 0.583. The van der Waals surface area contributed by atoms with Gasteiger partial charge in [-0.25, -0.2) is 4.98 Å². The number of unbranched alkanes of at least 4 members (excludes halogenated alkanes) is 4. The molecule has 29 heavy (non-hydrogen) atoms. The number of benzene rings is 1. The van der Waals surface area contributed by atoms with Gasteiger partial charge in [0.25, 0.3) is 0 Å². The third-order valence-electron chi connectivity index (χ3n) is 6.19. The van der Waals surface area contributed by atoms with Crippen molar-refractivity contribution in [3.8, 4) is 5.69 Å². The minimum absolute atomic E-state index is 0.0984. The van der Waals surface area contributed by atoms with Crippen LogP contribution in [0.2, 0.25) is 0 Å². The number of nitrogens with zero attached hydrogens (tertiary/aromatic N) is 2. The van der Waals surface area contributed by atoms with Gasteiger partial charge in [0.1, 0.15) is 0 Å². The molecule has 5 nitrogen and oxygen atoms in total. The first-order chi connectivity index (χ1) is 14.1. The van der Waals surface area contributed by atoms with Crippen molar-refractivity contribution in [2.24, 2.45) is 11.7 Å². The highest BCUT2D eigenvalue weighted by Gasteiger charge is 2.25. The van der Waals surface area contributed by atoms with Crippen LogP contribution >= 0.6 is 0 Å². The van der Waals surface area contributed by atoms with Gasteiger partial charge in [-0.2, -0.15) is 0 Å². The summed E-state index contributed by atoms with van der Waals surface area (Å²) >= 11 is 0. The van der Waals surface area contributed by atoms with Gasteiger partial charge in [-0.1, -0.05) is 57.2 Å². The van der Waals surface area contributed by atoms with Crippen molar-refractivity contribution in [3.05, 3.63) is 47.5 Å². The van der Waals surface area contributed by atoms with Gasteiger partial charge in [0.05, 0.1) is 17.9 Å². The maximum absolute atomic E-state index is 11.9. The summed E-state index contributed by atoms with van der Waals surface area (Å²) in [6, 6.07) is 8.47. The highest BCUT2D eigenvalue weighted by atomic mass is 16.4. The molecule has 0 aliphatic carbocycles. The molecule has 0 radical (unpaired) electrons. The number of para-hydroxylation sites is 1. The lowest BCUT2D eigenvalue weighted by atomic mass is 9.92. The smallest absolute Gasteiger partial charge is 0.306 e. The van der Waals surface area contributed by atoms with E-state index in [1.165, 1.54) is 36.9 Å². The molecule has 3 N–H and O–H groups in total. The molecule has 3 rings (SSSR count). The van der Waals surface area contributed by atoms with Crippen LogP contribution in [0.4, 0.5) is 0 Å². The number of hydrogen-bond donors (Lipinski definition) is 2. The number of carbonyl (C=O) groups is 1. The Labute approximate surface area is 174 Å². The fourth-order valence-corrected chi connectivity index (χ4v) is 4.38. The third kappa shape index (κ3) is 5.69. The molecule has 0 amide bonds. The Hall–Kier alpha value is -2.14. The summed E-state index contributed by atoms with van der Waals surface area (Å²) < 4.78 is 2.13. The zero-order valence-electron chi connectivity index (χ0n) is 17.6. The van der Waals surface area contributed by atoms with Crippen LogP contribution in [0.15, 0.2) is 30.6 Å². The Morgan fingerprint density at radius 3 is 2.72 bits per heavy atom. The number of hydrogen-bond acceptors (Lipinski definition) is 3. The predicted molar refractivity (Wildman–Crippen MR) is 116 cm³/mol. The minimum Gasteiger partial charge on any atom is -0.481 e. The highest BCUT2D eigenvalue weighted by molar-refractivity contribution is 5.70. The van der Waals surface area contributed by atoms with E-state index in [1.807, 2.05) is 12.4 Å². The number of carboxylic acids is 1. The minimum atomic E-state index is -0.738. The number of nitrogens with two attached hydrogens (primary N) is 1. The molecule has 1 aliphatic rings. The summed E-state index contributed by atoms with van der Waals surface area (Å²) in [5, 5.41) is 9.74. The van der Waals surface area contributed by atoms with Crippen molar-refractivity contribution in [1.29, 1.82) is 0 Å². The second kappa shape index (κ2) is 10.6. The van der Waals surface area contributed by atoms with Crippen molar-refractivity contribution >= 4 is 5.97 Å². The van der Waals surface area contributed by atoms with Crippen molar-refractivity contribution in [1.82, 2.24) is 9.55 Å². The lowest BCUT2D eigenvalue weighted by Crippen LogP contribution is -2.24. The largest absolute Gasteiger partial charge is 0.481 e. The fourth-order valence-electron chi connectivity index (χ4n) is 4.38. The van der Waals surface area contributed by atoms with Crippen LogP contribution in [-0.4, -0.2) is 26.7 Å². The van der Waals surface area contributed by atoms with Crippen molar-refractivity contribution in [2.75, 3.05) is 0 Å². The number of imidazole rings is 1. The molecule has 2 atom stereocenters. The maximum atomic E-state index is 11.9. The zero-order chi connectivity index (χ0) is 20.6. The number of rotatable bonds is 12. The molecule has 1 unspecified atom stereocenters. The summed E-state index contributed by atoms with van der Waals surface area (Å²) in [6.45, 7) is 2.22. The molecule has 158 valence electrons. The van der Waals surface area contributed by atoms with E-state index < -0.39 is 11.9 Å². The number of aromatic nitrogens is 2. The van der Waals surface area contributed by atoms with Crippen molar-refractivity contribution in [2.45, 2.75) is 83.6 Å². The van der Waals surface area contributed by atoms with Crippen molar-refractivity contribution < 1.29 is 9.90 Å². The van der Waals surface area contributed by atoms with Gasteiger partial charge in [-0.15, -0.1) is 0 Å². The molecule has 0 fully saturated rings. The first kappa shape index (κ1) is 21.6. The van der Waals surface area contributed by atoms with Crippen LogP contribution in [0.5, 0.6) is 0 Å². The number of carboxylic acid groups (broad SMARTS) is 1. The average molecular weight is 398 g/mol. The second-order valence-corrected chi connectivity index (χ2v) is 8.42. The zero-order valence-corrected chi connectivity index (χ0v) is 17.6. The number of aliphatic carboxylic acids is 1. The Bertz CT molecular complexity index is 799. The average Bonchev–Trinajstić information content (AvgIpc) is 3.14. The Balaban J connectivity index is 1.56. The molecular weight excluding hydrogens is 362 g/mol. The number of fused-ring (bicyclic) bond motifs is 3. The molecule has 0 bridgehead atoms. The Morgan fingerprint density at radius 1 is 1.14 bits per heavy atom. The summed E-state index contributed by atoms with van der Waals surface area (Å²) in [6.07, 6.45) is 12.8. The number of aryl methyl sites for hydroxylation is 1. The standard InChI is InChI=1S/C24H35N3O2/c1-2-3-4-5-6-10-20(25)14-12-19(24(28)29)16-21-23-15-13-18-9-7-8-11-22(18)27(23)17-26-21/h7-9,11,17,19-20H,2-6,10,12-16,25H2,1H3,(H,28,29)/t19-,20?/m0/s1. The van der Waals surface area contributed by atoms with E-state index in [9.17, 15) is 9.90 Å². The van der Waals surface area contributed by atoms with E-state index >= 15 is 0 Å². The van der Waals surface area contributed by atoms with Gasteiger partial charge in [0.2, 0.25) is 0 Å². The van der Waals surface area contributed by atoms with E-state index in [2.05, 4.69) is 34.7 Å². The highest BCUT2D eigenvalue weighted by Crippen LogP contribution is 2.28. The van der Waals surface area contributed by atoms with Gasteiger partial charge < -0.3 is 15.4 Å². The van der Waals surface area contributed by atoms with Gasteiger partial charge in [-0.05, 0) is 43.7 Å². The lowest BCUT2D eigenvalue weighted by Gasteiger charge is -2.20. The third-order valence-corrected chi connectivity index (χ3v) is 6.19. The maximum Gasteiger partial charge on any atom is 0.306 e. The summed E-state index contributed by atoms with van der Waals surface area (Å²) in [7, 11) is 0. The van der Waals surface area contributed by atoms with Crippen LogP contribution in [0.1, 0.15) is 75.2 Å². The van der Waals surface area contributed by atoms with E-state index in [-0.39, 0.29) is 6.04 Å². The molecule has 2 aromatic rings. The van der Waals surface area contributed by atoms with E-state index in [4.69, 9.17) is 5.73 Å². The van der Waals surface area contributed by atoms with Gasteiger partial charge in [0, 0.05) is 23.8 Å². The molecule has 1 aliphatic heterocycles. The van der Waals surface area contributed by atoms with Crippen LogP contribution < -0.4 is 5.73 Å². The van der Waals surface area contributed by atoms with Crippen LogP contribution in [0, 0.1) is 5.92 Å². The summed E-state index contributed by atoms with van der Waals surface area (Å²) in [5.41, 5.74) is 10.8. The predicted octanol–water partition coefficient (Wildman–Crippen LogP) is 4.68. The molecule has 5 heteroatoms. The molecule has 0 spiro atoms. The molecule has 0 saturated heterocycles. The van der Waals surface area contributed by atoms with Crippen LogP contribution in [0.3, 0.4) is 0 Å². The SMILES string of the molecule is CCCCCCCC(N)CC[C@@H](Cc1ncn2c1CCc1ccccc1-2)C(=O)O. The van der Waals surface area contributed by atoms with Gasteiger partial charge in [-0.3, -0.25) is 4.79 Å². The quantitative estimate of drug-likeness (QED) is 0.510. The topological polar surface area (TPSA) is 81.1 Å². The Morgan fingerprint density at radius 2 is 1.93 bits per heavy atom. The normalized spacial score (nSPS) is 14.8. The Kier molecular flexibility index (Phi) is 7.87. The molecule has 0 saturated carbocycles. The molecule has 1 aromatic carbocycles. The van der Waals surface area contributed by atoms with E-state index in [0.29, 0.717) is 12.8 Å². The van der Waals surface area contributed by atoms with Crippen LogP contribution in [0.25, 0.3) is 5.69 Å². The van der Waals surface area contributed by atoms with Crippen molar-refractivity contribution in [3.63, 3.8) is 0 Å². The monoisotopic (exact) mass is 397 g/mol. The summed E-state index contributed by atoms with van der Waals surface area (Å²) in [4.78, 5) is 16.5. The first-order valence-corrected chi connectivity index (χ1v) is 11.2. The second-order valence-electron chi connectivity index (χ2n) is 8.42. The van der Waals surface area contributed by atoms with Gasteiger partial charge in [0.15, 0.2) is 0 Å². The van der Waals surface area contributed by atoms with Crippen LogP contribution in [-0.2, 0) is 24.1 Å². The molecule has 1 aromatic heterocycles. The lowest BCUT2D eigenvalue weighted by molar-refractivity contribution is -0.142. The van der Waals surface area contributed by atoms with E-state index in [1.54, 1.807) is 0 Å². The molecular formula is C24H35N3O2. The first-order valence-electron chi connectivity index (χ1n) is 11.2.